The van der Waals surface area contributed by atoms with Crippen molar-refractivity contribution in [3.8, 4) is 0 Å². The van der Waals surface area contributed by atoms with E-state index in [4.69, 9.17) is 0 Å². The number of halogens is 3. The SMILES string of the molecule is O=C(Nc1ccc2nc(C3CC3)sc2c1)N1CCC[C@@H](C(F)(F)F)C1. The van der Waals surface area contributed by atoms with Gasteiger partial charge in [-0.2, -0.15) is 13.2 Å². The van der Waals surface area contributed by atoms with E-state index in [1.807, 2.05) is 12.1 Å². The smallest absolute Gasteiger partial charge is 0.324 e. The molecule has 25 heavy (non-hydrogen) atoms. The van der Waals surface area contributed by atoms with Crippen LogP contribution in [0.1, 0.15) is 36.6 Å². The standard InChI is InChI=1S/C17H18F3N3OS/c18-17(19,20)11-2-1-7-23(9-11)16(24)21-12-5-6-13-14(8-12)25-15(22-13)10-3-4-10/h5-6,8,10-11H,1-4,7,9H2,(H,21,24)/t11-/m1/s1. The molecule has 1 N–H and O–H groups in total. The number of likely N-dealkylation sites (tertiary alicyclic amines) is 1. The maximum Gasteiger partial charge on any atom is 0.393 e. The molecule has 8 heteroatoms. The van der Waals surface area contributed by atoms with Gasteiger partial charge in [0, 0.05) is 24.7 Å². The molecule has 0 radical (unpaired) electrons. The molecular formula is C17H18F3N3OS. The second kappa shape index (κ2) is 6.16. The van der Waals surface area contributed by atoms with Crippen LogP contribution in [0, 0.1) is 5.92 Å². The summed E-state index contributed by atoms with van der Waals surface area (Å²) in [6.45, 7) is 0.0804. The van der Waals surface area contributed by atoms with Gasteiger partial charge in [-0.1, -0.05) is 0 Å². The second-order valence-corrected chi connectivity index (χ2v) is 7.83. The highest BCUT2D eigenvalue weighted by atomic mass is 32.1. The minimum atomic E-state index is -4.25. The topological polar surface area (TPSA) is 45.2 Å². The average molecular weight is 369 g/mol. The van der Waals surface area contributed by atoms with Crippen LogP contribution in [0.5, 0.6) is 0 Å². The summed E-state index contributed by atoms with van der Waals surface area (Å²) in [7, 11) is 0. The van der Waals surface area contributed by atoms with Gasteiger partial charge in [0.2, 0.25) is 0 Å². The number of rotatable bonds is 2. The lowest BCUT2D eigenvalue weighted by molar-refractivity contribution is -0.183. The van der Waals surface area contributed by atoms with Crippen LogP contribution in [0.3, 0.4) is 0 Å². The van der Waals surface area contributed by atoms with Gasteiger partial charge >= 0.3 is 12.2 Å². The van der Waals surface area contributed by atoms with Crippen molar-refractivity contribution in [1.82, 2.24) is 9.88 Å². The van der Waals surface area contributed by atoms with Gasteiger partial charge in [-0.15, -0.1) is 11.3 Å². The van der Waals surface area contributed by atoms with Crippen molar-refractivity contribution < 1.29 is 18.0 Å². The maximum absolute atomic E-state index is 12.9. The fraction of sp³-hybridized carbons (Fsp3) is 0.529. The molecule has 2 heterocycles. The predicted molar refractivity (Wildman–Crippen MR) is 91.0 cm³/mol. The molecule has 134 valence electrons. The number of nitrogens with one attached hydrogen (secondary N) is 1. The van der Waals surface area contributed by atoms with E-state index in [0.29, 0.717) is 24.6 Å². The number of benzene rings is 1. The predicted octanol–water partition coefficient (Wildman–Crippen LogP) is 4.98. The number of fused-ring (bicyclic) bond motifs is 1. The van der Waals surface area contributed by atoms with E-state index in [1.165, 1.54) is 17.7 Å². The number of hydrogen-bond acceptors (Lipinski definition) is 3. The second-order valence-electron chi connectivity index (χ2n) is 6.77. The minimum Gasteiger partial charge on any atom is -0.324 e. The fourth-order valence-electron chi connectivity index (χ4n) is 3.16. The Hall–Kier alpha value is -1.83. The van der Waals surface area contributed by atoms with Gasteiger partial charge in [-0.05, 0) is 43.9 Å². The van der Waals surface area contributed by atoms with E-state index in [-0.39, 0.29) is 13.0 Å². The summed E-state index contributed by atoms with van der Waals surface area (Å²) < 4.78 is 39.7. The molecule has 1 aliphatic carbocycles. The molecule has 4 rings (SSSR count). The lowest BCUT2D eigenvalue weighted by Gasteiger charge is -2.33. The van der Waals surface area contributed by atoms with Crippen molar-refractivity contribution in [2.24, 2.45) is 5.92 Å². The quantitative estimate of drug-likeness (QED) is 0.811. The van der Waals surface area contributed by atoms with Crippen LogP contribution in [-0.2, 0) is 0 Å². The summed E-state index contributed by atoms with van der Waals surface area (Å²) in [5.41, 5.74) is 1.50. The first-order chi connectivity index (χ1) is 11.9. The van der Waals surface area contributed by atoms with Gasteiger partial charge in [0.1, 0.15) is 0 Å². The maximum atomic E-state index is 12.9. The molecule has 1 saturated heterocycles. The molecule has 1 saturated carbocycles. The molecule has 1 aromatic carbocycles. The molecule has 1 aromatic heterocycles. The molecule has 0 spiro atoms. The van der Waals surface area contributed by atoms with Crippen molar-refractivity contribution in [2.45, 2.75) is 37.8 Å². The monoisotopic (exact) mass is 369 g/mol. The van der Waals surface area contributed by atoms with Crippen molar-refractivity contribution in [2.75, 3.05) is 18.4 Å². The number of amides is 2. The first kappa shape index (κ1) is 16.6. The number of carbonyl (C=O) groups excluding carboxylic acids is 1. The van der Waals surface area contributed by atoms with Crippen molar-refractivity contribution in [3.05, 3.63) is 23.2 Å². The van der Waals surface area contributed by atoms with E-state index in [9.17, 15) is 18.0 Å². The molecule has 2 aliphatic rings. The number of nitrogens with zero attached hydrogens (tertiary/aromatic N) is 2. The molecular weight excluding hydrogens is 351 g/mol. The minimum absolute atomic E-state index is 0.0873. The number of alkyl halides is 3. The Labute approximate surface area is 147 Å². The average Bonchev–Trinajstić information content (AvgIpc) is 3.34. The molecule has 2 aromatic rings. The Morgan fingerprint density at radius 3 is 2.80 bits per heavy atom. The third-order valence-corrected chi connectivity index (χ3v) is 5.94. The van der Waals surface area contributed by atoms with Crippen LogP contribution in [0.2, 0.25) is 0 Å². The zero-order valence-electron chi connectivity index (χ0n) is 13.5. The largest absolute Gasteiger partial charge is 0.393 e. The summed E-state index contributed by atoms with van der Waals surface area (Å²) in [6, 6.07) is 4.98. The van der Waals surface area contributed by atoms with Gasteiger partial charge < -0.3 is 10.2 Å². The number of carbonyl (C=O) groups is 1. The van der Waals surface area contributed by atoms with Crippen LogP contribution in [0.15, 0.2) is 18.2 Å². The number of thiazole rings is 1. The fourth-order valence-corrected chi connectivity index (χ4v) is 4.33. The summed E-state index contributed by atoms with van der Waals surface area (Å²) in [4.78, 5) is 18.2. The number of hydrogen-bond donors (Lipinski definition) is 1. The van der Waals surface area contributed by atoms with Crippen molar-refractivity contribution in [3.63, 3.8) is 0 Å². The summed E-state index contributed by atoms with van der Waals surface area (Å²) in [5.74, 6) is -0.861. The van der Waals surface area contributed by atoms with E-state index in [2.05, 4.69) is 10.3 Å². The number of aromatic nitrogens is 1. The number of urea groups is 1. The van der Waals surface area contributed by atoms with Gasteiger partial charge in [0.15, 0.2) is 0 Å². The highest BCUT2D eigenvalue weighted by molar-refractivity contribution is 7.18. The Bertz CT molecular complexity index is 800. The normalized spacial score (nSPS) is 21.6. The zero-order valence-corrected chi connectivity index (χ0v) is 14.3. The molecule has 2 fully saturated rings. The lowest BCUT2D eigenvalue weighted by Crippen LogP contribution is -2.46. The molecule has 4 nitrogen and oxygen atoms in total. The zero-order chi connectivity index (χ0) is 17.6. The molecule has 1 atom stereocenters. The van der Waals surface area contributed by atoms with E-state index in [0.717, 1.165) is 15.2 Å². The van der Waals surface area contributed by atoms with Gasteiger partial charge in [-0.3, -0.25) is 0 Å². The number of piperidine rings is 1. The highest BCUT2D eigenvalue weighted by Crippen LogP contribution is 2.43. The van der Waals surface area contributed by atoms with E-state index >= 15 is 0 Å². The van der Waals surface area contributed by atoms with E-state index in [1.54, 1.807) is 17.4 Å². The molecule has 2 amide bonds. The Kier molecular flexibility index (Phi) is 4.10. The van der Waals surface area contributed by atoms with Crippen molar-refractivity contribution >= 4 is 33.3 Å². The van der Waals surface area contributed by atoms with E-state index < -0.39 is 18.1 Å². The lowest BCUT2D eigenvalue weighted by atomic mass is 9.98. The van der Waals surface area contributed by atoms with Crippen LogP contribution in [0.4, 0.5) is 23.7 Å². The molecule has 0 unspecified atom stereocenters. The van der Waals surface area contributed by atoms with Crippen LogP contribution in [-0.4, -0.2) is 35.2 Å². The molecule has 1 aliphatic heterocycles. The third kappa shape index (κ3) is 3.58. The Morgan fingerprint density at radius 1 is 1.28 bits per heavy atom. The third-order valence-electron chi connectivity index (χ3n) is 4.75. The summed E-state index contributed by atoms with van der Waals surface area (Å²) in [6.07, 6.45) is -1.43. The Balaban J connectivity index is 1.45. The highest BCUT2D eigenvalue weighted by Gasteiger charge is 2.42. The Morgan fingerprint density at radius 2 is 2.08 bits per heavy atom. The van der Waals surface area contributed by atoms with Gasteiger partial charge in [0.25, 0.3) is 0 Å². The van der Waals surface area contributed by atoms with Gasteiger partial charge in [-0.25, -0.2) is 9.78 Å². The van der Waals surface area contributed by atoms with Gasteiger partial charge in [0.05, 0.1) is 21.1 Å². The first-order valence-electron chi connectivity index (χ1n) is 8.43. The summed E-state index contributed by atoms with van der Waals surface area (Å²) >= 11 is 1.62. The first-order valence-corrected chi connectivity index (χ1v) is 9.25. The molecule has 0 bridgehead atoms. The van der Waals surface area contributed by atoms with Crippen LogP contribution < -0.4 is 5.32 Å². The summed E-state index contributed by atoms with van der Waals surface area (Å²) in [5, 5.41) is 3.86. The van der Waals surface area contributed by atoms with Crippen LogP contribution in [0.25, 0.3) is 10.2 Å². The number of anilines is 1. The van der Waals surface area contributed by atoms with Crippen molar-refractivity contribution in [1.29, 1.82) is 0 Å². The van der Waals surface area contributed by atoms with Crippen LogP contribution >= 0.6 is 11.3 Å².